The van der Waals surface area contributed by atoms with Gasteiger partial charge < -0.3 is 10.6 Å². The third kappa shape index (κ3) is 4.97. The molecule has 0 saturated carbocycles. The minimum atomic E-state index is -4.87. The van der Waals surface area contributed by atoms with Crippen LogP contribution in [0.15, 0.2) is 60.7 Å². The molecule has 4 aromatic rings. The van der Waals surface area contributed by atoms with Crippen molar-refractivity contribution in [3.63, 3.8) is 0 Å². The molecule has 0 aliphatic carbocycles. The Labute approximate surface area is 225 Å². The monoisotopic (exact) mass is 702 g/mol. The molecule has 0 fully saturated rings. The number of rotatable bonds is 3. The second-order valence-electron chi connectivity index (χ2n) is 8.10. The molecule has 0 spiro atoms. The molecule has 0 bridgehead atoms. The number of fused-ring (bicyclic) bond motifs is 3. The topological polar surface area (TPSA) is 58.2 Å². The minimum absolute atomic E-state index is 0. The fraction of sp³-hybridized carbons (Fsp3) is 0.0769. The van der Waals surface area contributed by atoms with Crippen molar-refractivity contribution in [2.24, 2.45) is 0 Å². The van der Waals surface area contributed by atoms with E-state index < -0.39 is 46.8 Å². The smallest absolute Gasteiger partial charge is 0.342 e. The van der Waals surface area contributed by atoms with Gasteiger partial charge in [0.1, 0.15) is 11.6 Å². The molecular weight excluding hydrogens is 689 g/mol. The van der Waals surface area contributed by atoms with E-state index in [9.17, 15) is 31.5 Å². The Balaban J connectivity index is 0.00000320. The Morgan fingerprint density at radius 2 is 1.78 bits per heavy atom. The van der Waals surface area contributed by atoms with Crippen molar-refractivity contribution in [3.05, 3.63) is 111 Å². The number of carbonyl (C=O) groups is 2. The summed E-state index contributed by atoms with van der Waals surface area (Å²) in [5, 5.41) is 6.28. The number of nitrogens with one attached hydrogen (secondary N) is 2. The van der Waals surface area contributed by atoms with Crippen molar-refractivity contribution in [1.82, 2.24) is 5.32 Å². The van der Waals surface area contributed by atoms with E-state index in [0.29, 0.717) is 22.9 Å². The maximum Gasteiger partial charge on any atom is 0.416 e. The van der Waals surface area contributed by atoms with Gasteiger partial charge in [-0.15, -0.1) is 35.7 Å². The van der Waals surface area contributed by atoms with E-state index in [-0.39, 0.29) is 53.9 Å². The molecule has 1 heterocycles. The summed E-state index contributed by atoms with van der Waals surface area (Å²) in [6.45, 7) is 0. The van der Waals surface area contributed by atoms with E-state index >= 15 is 0 Å². The van der Waals surface area contributed by atoms with Crippen LogP contribution in [0.25, 0.3) is 10.8 Å². The summed E-state index contributed by atoms with van der Waals surface area (Å²) >= 11 is 6.28. The second kappa shape index (κ2) is 9.86. The van der Waals surface area contributed by atoms with Gasteiger partial charge in [0.25, 0.3) is 5.91 Å². The van der Waals surface area contributed by atoms with Gasteiger partial charge in [-0.25, -0.2) is 8.78 Å². The van der Waals surface area contributed by atoms with E-state index in [1.54, 1.807) is 18.2 Å². The minimum Gasteiger partial charge on any atom is -0.342 e. The maximum atomic E-state index is 14.1. The van der Waals surface area contributed by atoms with Gasteiger partial charge in [-0.05, 0) is 42.0 Å². The molecule has 1 atom stereocenters. The molecule has 4 nitrogen and oxygen atoms in total. The summed E-state index contributed by atoms with van der Waals surface area (Å²) in [5.41, 5.74) is -1.24. The van der Waals surface area contributed by atoms with Gasteiger partial charge in [0.05, 0.1) is 11.6 Å². The summed E-state index contributed by atoms with van der Waals surface area (Å²) in [7, 11) is 0. The van der Waals surface area contributed by atoms with Gasteiger partial charge in [-0.1, -0.05) is 17.0 Å². The Morgan fingerprint density at radius 3 is 2.51 bits per heavy atom. The Morgan fingerprint density at radius 1 is 1.03 bits per heavy atom. The Kier molecular flexibility index (Phi) is 7.12. The van der Waals surface area contributed by atoms with E-state index in [1.807, 2.05) is 0 Å². The van der Waals surface area contributed by atoms with Crippen LogP contribution in [-0.2, 0) is 26.6 Å². The largest absolute Gasteiger partial charge is 0.416 e. The number of anilines is 1. The van der Waals surface area contributed by atoms with E-state index in [2.05, 4.69) is 16.7 Å². The van der Waals surface area contributed by atoms with Gasteiger partial charge in [-0.3, -0.25) is 9.59 Å². The van der Waals surface area contributed by atoms with E-state index in [0.717, 1.165) is 12.1 Å². The normalized spacial score (nSPS) is 14.6. The van der Waals surface area contributed by atoms with Gasteiger partial charge in [0.15, 0.2) is 0 Å². The molecule has 1 unspecified atom stereocenters. The number of alkyl halides is 3. The molecule has 2 amide bonds. The van der Waals surface area contributed by atoms with Crippen LogP contribution < -0.4 is 10.6 Å². The molecule has 0 saturated heterocycles. The second-order valence-corrected chi connectivity index (χ2v) is 8.50. The van der Waals surface area contributed by atoms with Gasteiger partial charge in [0.2, 0.25) is 5.91 Å². The van der Waals surface area contributed by atoms with Crippen LogP contribution in [0.5, 0.6) is 0 Å². The number of hydrogen-bond donors (Lipinski definition) is 2. The first-order valence-corrected chi connectivity index (χ1v) is 10.8. The quantitative estimate of drug-likeness (QED) is 0.185. The molecule has 5 rings (SSSR count). The molecule has 37 heavy (non-hydrogen) atoms. The number of benzene rings is 4. The number of halogens is 6. The average Bonchev–Trinajstić information content (AvgIpc) is 3.17. The first kappa shape index (κ1) is 26.7. The summed E-state index contributed by atoms with van der Waals surface area (Å²) < 4.78 is 67.4. The maximum absolute atomic E-state index is 14.1. The van der Waals surface area contributed by atoms with Crippen LogP contribution in [0, 0.1) is 17.7 Å². The van der Waals surface area contributed by atoms with Crippen LogP contribution in [0.2, 0.25) is 5.02 Å². The van der Waals surface area contributed by atoms with Crippen molar-refractivity contribution in [1.29, 1.82) is 0 Å². The van der Waals surface area contributed by atoms with Crippen molar-refractivity contribution in [3.8, 4) is 0 Å². The summed E-state index contributed by atoms with van der Waals surface area (Å²) in [5.74, 6) is -3.42. The molecule has 2 N–H and O–H groups in total. The Hall–Kier alpha value is -3.32. The SMILES string of the molecule is O=C(Nc1cc2[c-]cccc2c2c1C(c1cc(F)ccc1Cl)NC2=O)c1cc(F)cc(C(F)(F)F)c1.[Re]. The van der Waals surface area contributed by atoms with Crippen LogP contribution in [0.3, 0.4) is 0 Å². The molecule has 0 aromatic heterocycles. The third-order valence-corrected chi connectivity index (χ3v) is 6.15. The van der Waals surface area contributed by atoms with Crippen LogP contribution in [0.1, 0.15) is 43.4 Å². The van der Waals surface area contributed by atoms with Crippen LogP contribution in [0.4, 0.5) is 27.6 Å². The zero-order valence-corrected chi connectivity index (χ0v) is 21.8. The molecule has 11 heteroatoms. The van der Waals surface area contributed by atoms with Crippen LogP contribution >= 0.6 is 11.6 Å². The number of amides is 2. The zero-order valence-electron chi connectivity index (χ0n) is 18.3. The fourth-order valence-corrected chi connectivity index (χ4v) is 4.49. The van der Waals surface area contributed by atoms with Gasteiger partial charge >= 0.3 is 6.18 Å². The van der Waals surface area contributed by atoms with Gasteiger partial charge in [-0.2, -0.15) is 13.2 Å². The zero-order chi connectivity index (χ0) is 25.8. The van der Waals surface area contributed by atoms with Crippen molar-refractivity contribution >= 4 is 39.9 Å². The molecule has 4 aromatic carbocycles. The predicted molar refractivity (Wildman–Crippen MR) is 123 cm³/mol. The standard InChI is InChI=1S/C26H13ClF5N2O2.Re/c27-19-6-5-15(28)11-18(19)23-22-20(9-12-3-1-2-4-17(12)21(22)25(36)34-23)33-24(35)13-7-14(26(30,31)32)10-16(29)8-13;/h1-2,4-11,23H,(H,33,35)(H,34,36);/q-1;. The molecule has 189 valence electrons. The van der Waals surface area contributed by atoms with Crippen molar-refractivity contribution in [2.45, 2.75) is 12.2 Å². The molecule has 1 aliphatic heterocycles. The molecular formula is C26H13ClF5N2O2Re-. The molecule has 1 aliphatic rings. The number of carbonyl (C=O) groups excluding carboxylic acids is 2. The molecule has 1 radical (unpaired) electrons. The van der Waals surface area contributed by atoms with E-state index in [1.165, 1.54) is 12.1 Å². The average molecular weight is 702 g/mol. The number of hydrogen-bond acceptors (Lipinski definition) is 2. The Bertz CT molecular complexity index is 1580. The summed E-state index contributed by atoms with van der Waals surface area (Å²) in [6.07, 6.45) is -4.87. The predicted octanol–water partition coefficient (Wildman–Crippen LogP) is 6.67. The van der Waals surface area contributed by atoms with Gasteiger partial charge in [0, 0.05) is 47.8 Å². The summed E-state index contributed by atoms with van der Waals surface area (Å²) in [6, 6.07) is 13.4. The first-order valence-electron chi connectivity index (χ1n) is 10.4. The fourth-order valence-electron chi connectivity index (χ4n) is 4.26. The van der Waals surface area contributed by atoms with Crippen molar-refractivity contribution < 1.29 is 52.0 Å². The van der Waals surface area contributed by atoms with E-state index in [4.69, 9.17) is 11.6 Å². The third-order valence-electron chi connectivity index (χ3n) is 5.80. The summed E-state index contributed by atoms with van der Waals surface area (Å²) in [4.78, 5) is 26.0. The van der Waals surface area contributed by atoms with Crippen molar-refractivity contribution in [2.75, 3.05) is 5.32 Å². The van der Waals surface area contributed by atoms with Crippen LogP contribution in [-0.4, -0.2) is 11.8 Å². The first-order chi connectivity index (χ1) is 17.0.